The fourth-order valence-corrected chi connectivity index (χ4v) is 3.02. The van der Waals surface area contributed by atoms with E-state index in [0.29, 0.717) is 11.3 Å². The normalized spacial score (nSPS) is 15.3. The van der Waals surface area contributed by atoms with E-state index in [9.17, 15) is 4.79 Å². The number of anilines is 1. The van der Waals surface area contributed by atoms with E-state index in [1.807, 2.05) is 24.3 Å². The second-order valence-electron chi connectivity index (χ2n) is 5.77. The predicted molar refractivity (Wildman–Crippen MR) is 92.1 cm³/mol. The number of carbonyl (C=O) groups is 1. The highest BCUT2D eigenvalue weighted by Crippen LogP contribution is 2.21. The fourth-order valence-electron chi connectivity index (χ4n) is 3.02. The van der Waals surface area contributed by atoms with Crippen LogP contribution in [-0.2, 0) is 0 Å². The quantitative estimate of drug-likeness (QED) is 0.943. The number of piperidine rings is 1. The molecule has 0 aromatic heterocycles. The van der Waals surface area contributed by atoms with Gasteiger partial charge in [0.25, 0.3) is 5.91 Å². The molecule has 2 aromatic carbocycles. The van der Waals surface area contributed by atoms with Gasteiger partial charge in [-0.05, 0) is 37.1 Å². The molecule has 4 nitrogen and oxygen atoms in total. The first-order chi connectivity index (χ1) is 11.3. The van der Waals surface area contributed by atoms with Crippen LogP contribution in [0.3, 0.4) is 0 Å². The van der Waals surface area contributed by atoms with Gasteiger partial charge in [-0.2, -0.15) is 0 Å². The van der Waals surface area contributed by atoms with E-state index in [2.05, 4.69) is 34.5 Å². The maximum atomic E-state index is 12.4. The van der Waals surface area contributed by atoms with Gasteiger partial charge in [-0.3, -0.25) is 4.79 Å². The molecule has 1 heterocycles. The Morgan fingerprint density at radius 1 is 1.04 bits per heavy atom. The number of nitrogens with zero attached hydrogens (tertiary/aromatic N) is 1. The minimum Gasteiger partial charge on any atom is -0.496 e. The lowest BCUT2D eigenvalue weighted by Crippen LogP contribution is -2.44. The molecule has 2 aromatic rings. The van der Waals surface area contributed by atoms with Crippen molar-refractivity contribution < 1.29 is 9.53 Å². The molecule has 1 amide bonds. The maximum absolute atomic E-state index is 12.4. The van der Waals surface area contributed by atoms with Gasteiger partial charge in [0.2, 0.25) is 0 Å². The molecule has 1 fully saturated rings. The highest BCUT2D eigenvalue weighted by molar-refractivity contribution is 5.97. The molecule has 1 aliphatic heterocycles. The van der Waals surface area contributed by atoms with E-state index in [4.69, 9.17) is 4.74 Å². The molecule has 3 rings (SSSR count). The van der Waals surface area contributed by atoms with Gasteiger partial charge in [-0.25, -0.2) is 0 Å². The summed E-state index contributed by atoms with van der Waals surface area (Å²) in [6.45, 7) is 1.92. The van der Waals surface area contributed by atoms with E-state index < -0.39 is 0 Å². The first kappa shape index (κ1) is 15.4. The van der Waals surface area contributed by atoms with Crippen LogP contribution >= 0.6 is 0 Å². The third-order valence-corrected chi connectivity index (χ3v) is 4.30. The zero-order valence-electron chi connectivity index (χ0n) is 13.4. The molecule has 0 saturated carbocycles. The Balaban J connectivity index is 1.57. The van der Waals surface area contributed by atoms with Gasteiger partial charge >= 0.3 is 0 Å². The number of nitrogens with one attached hydrogen (secondary N) is 1. The molecule has 0 atom stereocenters. The molecule has 120 valence electrons. The SMILES string of the molecule is COc1ccccc1C(=O)NC1CCN(c2ccccc2)CC1. The Morgan fingerprint density at radius 2 is 1.70 bits per heavy atom. The highest BCUT2D eigenvalue weighted by Gasteiger charge is 2.22. The molecule has 0 radical (unpaired) electrons. The van der Waals surface area contributed by atoms with Crippen molar-refractivity contribution in [2.75, 3.05) is 25.1 Å². The van der Waals surface area contributed by atoms with Crippen molar-refractivity contribution in [3.05, 3.63) is 60.2 Å². The van der Waals surface area contributed by atoms with E-state index in [1.165, 1.54) is 5.69 Å². The smallest absolute Gasteiger partial charge is 0.255 e. The topological polar surface area (TPSA) is 41.6 Å². The molecule has 1 saturated heterocycles. The summed E-state index contributed by atoms with van der Waals surface area (Å²) in [5, 5.41) is 3.14. The third-order valence-electron chi connectivity index (χ3n) is 4.30. The van der Waals surface area contributed by atoms with Gasteiger partial charge in [0.05, 0.1) is 12.7 Å². The molecule has 0 spiro atoms. The van der Waals surface area contributed by atoms with Crippen LogP contribution in [0, 0.1) is 0 Å². The van der Waals surface area contributed by atoms with Crippen molar-refractivity contribution >= 4 is 11.6 Å². The molecule has 1 aliphatic rings. The van der Waals surface area contributed by atoms with Gasteiger partial charge < -0.3 is 15.0 Å². The summed E-state index contributed by atoms with van der Waals surface area (Å²) in [6.07, 6.45) is 1.91. The molecule has 1 N–H and O–H groups in total. The number of benzene rings is 2. The Morgan fingerprint density at radius 3 is 2.39 bits per heavy atom. The van der Waals surface area contributed by atoms with Gasteiger partial charge in [0, 0.05) is 24.8 Å². The first-order valence-electron chi connectivity index (χ1n) is 8.02. The number of ether oxygens (including phenoxy) is 1. The van der Waals surface area contributed by atoms with Crippen LogP contribution < -0.4 is 15.0 Å². The van der Waals surface area contributed by atoms with Crippen LogP contribution in [0.1, 0.15) is 23.2 Å². The van der Waals surface area contributed by atoms with E-state index in [1.54, 1.807) is 13.2 Å². The Kier molecular flexibility index (Phi) is 4.81. The lowest BCUT2D eigenvalue weighted by Gasteiger charge is -2.34. The number of carbonyl (C=O) groups excluding carboxylic acids is 1. The van der Waals surface area contributed by atoms with Crippen molar-refractivity contribution in [3.8, 4) is 5.75 Å². The molecule has 0 aliphatic carbocycles. The van der Waals surface area contributed by atoms with E-state index >= 15 is 0 Å². The van der Waals surface area contributed by atoms with Crippen molar-refractivity contribution in [1.29, 1.82) is 0 Å². The largest absolute Gasteiger partial charge is 0.496 e. The second-order valence-corrected chi connectivity index (χ2v) is 5.77. The van der Waals surface area contributed by atoms with Crippen LogP contribution in [0.2, 0.25) is 0 Å². The Labute approximate surface area is 137 Å². The molecule has 4 heteroatoms. The number of methoxy groups -OCH3 is 1. The van der Waals surface area contributed by atoms with Crippen molar-refractivity contribution in [1.82, 2.24) is 5.32 Å². The summed E-state index contributed by atoms with van der Waals surface area (Å²) in [6, 6.07) is 18.0. The number of hydrogen-bond acceptors (Lipinski definition) is 3. The number of amides is 1. The summed E-state index contributed by atoms with van der Waals surface area (Å²) < 4.78 is 5.26. The molecule has 0 bridgehead atoms. The number of hydrogen-bond donors (Lipinski definition) is 1. The zero-order chi connectivity index (χ0) is 16.1. The van der Waals surface area contributed by atoms with Gasteiger partial charge in [-0.1, -0.05) is 30.3 Å². The van der Waals surface area contributed by atoms with Gasteiger partial charge in [-0.15, -0.1) is 0 Å². The fraction of sp³-hybridized carbons (Fsp3) is 0.316. The van der Waals surface area contributed by atoms with Crippen molar-refractivity contribution in [2.45, 2.75) is 18.9 Å². The molecular formula is C19H22N2O2. The zero-order valence-corrected chi connectivity index (χ0v) is 13.4. The lowest BCUT2D eigenvalue weighted by atomic mass is 10.0. The predicted octanol–water partition coefficient (Wildman–Crippen LogP) is 3.09. The minimum atomic E-state index is -0.0550. The van der Waals surface area contributed by atoms with Crippen LogP contribution in [0.15, 0.2) is 54.6 Å². The second kappa shape index (κ2) is 7.18. The van der Waals surface area contributed by atoms with Gasteiger partial charge in [0.15, 0.2) is 0 Å². The first-order valence-corrected chi connectivity index (χ1v) is 8.02. The van der Waals surface area contributed by atoms with Crippen LogP contribution in [0.4, 0.5) is 5.69 Å². The summed E-state index contributed by atoms with van der Waals surface area (Å²) in [5.74, 6) is 0.562. The summed E-state index contributed by atoms with van der Waals surface area (Å²) in [5.41, 5.74) is 1.85. The number of rotatable bonds is 4. The van der Waals surface area contributed by atoms with Crippen LogP contribution in [-0.4, -0.2) is 32.1 Å². The maximum Gasteiger partial charge on any atom is 0.255 e. The van der Waals surface area contributed by atoms with Crippen molar-refractivity contribution in [2.24, 2.45) is 0 Å². The average Bonchev–Trinajstić information content (AvgIpc) is 2.63. The molecule has 0 unspecified atom stereocenters. The standard InChI is InChI=1S/C19H22N2O2/c1-23-18-10-6-5-9-17(18)19(22)20-15-11-13-21(14-12-15)16-7-3-2-4-8-16/h2-10,15H,11-14H2,1H3,(H,20,22). The van der Waals surface area contributed by atoms with Crippen LogP contribution in [0.5, 0.6) is 5.75 Å². The van der Waals surface area contributed by atoms with Gasteiger partial charge in [0.1, 0.15) is 5.75 Å². The third kappa shape index (κ3) is 3.65. The summed E-state index contributed by atoms with van der Waals surface area (Å²) in [4.78, 5) is 14.8. The monoisotopic (exact) mass is 310 g/mol. The van der Waals surface area contributed by atoms with Crippen molar-refractivity contribution in [3.63, 3.8) is 0 Å². The summed E-state index contributed by atoms with van der Waals surface area (Å²) in [7, 11) is 1.59. The number of para-hydroxylation sites is 2. The average molecular weight is 310 g/mol. The molecular weight excluding hydrogens is 288 g/mol. The Bertz CT molecular complexity index is 649. The van der Waals surface area contributed by atoms with E-state index in [-0.39, 0.29) is 11.9 Å². The Hall–Kier alpha value is -2.49. The van der Waals surface area contributed by atoms with E-state index in [0.717, 1.165) is 25.9 Å². The lowest BCUT2D eigenvalue weighted by molar-refractivity contribution is 0.0928. The van der Waals surface area contributed by atoms with Crippen LogP contribution in [0.25, 0.3) is 0 Å². The molecule has 23 heavy (non-hydrogen) atoms. The minimum absolute atomic E-state index is 0.0550. The highest BCUT2D eigenvalue weighted by atomic mass is 16.5. The summed E-state index contributed by atoms with van der Waals surface area (Å²) >= 11 is 0.